The first-order chi connectivity index (χ1) is 11.9. The molecule has 0 aromatic carbocycles. The normalized spacial score (nSPS) is 20.5. The second kappa shape index (κ2) is 5.86. The second-order valence-electron chi connectivity index (χ2n) is 6.52. The third-order valence-corrected chi connectivity index (χ3v) is 6.84. The van der Waals surface area contributed by atoms with E-state index in [-0.39, 0.29) is 16.7 Å². The van der Waals surface area contributed by atoms with E-state index >= 15 is 0 Å². The number of aromatic nitrogens is 2. The van der Waals surface area contributed by atoms with E-state index in [0.717, 1.165) is 12.2 Å². The van der Waals surface area contributed by atoms with Crippen molar-refractivity contribution >= 4 is 27.3 Å². The van der Waals surface area contributed by atoms with Crippen molar-refractivity contribution in [1.82, 2.24) is 13.7 Å². The lowest BCUT2D eigenvalue weighted by atomic mass is 10.3. The molecule has 1 fully saturated rings. The van der Waals surface area contributed by atoms with Crippen LogP contribution < -0.4 is 0 Å². The number of halogens is 1. The minimum Gasteiger partial charge on any atom is -0.464 e. The number of hydrogen-bond acceptors (Lipinski definition) is 4. The fourth-order valence-corrected chi connectivity index (χ4v) is 4.75. The monoisotopic (exact) mass is 379 g/mol. The summed E-state index contributed by atoms with van der Waals surface area (Å²) in [5.41, 5.74) is 0.488. The Morgan fingerprint density at radius 3 is 2.84 bits per heavy atom. The van der Waals surface area contributed by atoms with Gasteiger partial charge in [-0.25, -0.2) is 13.4 Å². The summed E-state index contributed by atoms with van der Waals surface area (Å²) in [5, 5.41) is -0.0696. The van der Waals surface area contributed by atoms with Crippen molar-refractivity contribution in [3.05, 3.63) is 53.2 Å². The molecule has 0 N–H and O–H groups in total. The lowest BCUT2D eigenvalue weighted by Gasteiger charge is -2.15. The van der Waals surface area contributed by atoms with Crippen molar-refractivity contribution in [2.24, 2.45) is 5.92 Å². The van der Waals surface area contributed by atoms with Crippen molar-refractivity contribution < 1.29 is 12.8 Å². The molecule has 1 aliphatic rings. The van der Waals surface area contributed by atoms with Crippen LogP contribution in [-0.2, 0) is 16.6 Å². The van der Waals surface area contributed by atoms with Crippen LogP contribution in [0.25, 0.3) is 5.65 Å². The molecule has 3 aromatic rings. The first kappa shape index (κ1) is 16.6. The van der Waals surface area contributed by atoms with Gasteiger partial charge in [0.25, 0.3) is 10.0 Å². The largest absolute Gasteiger partial charge is 0.464 e. The zero-order valence-corrected chi connectivity index (χ0v) is 15.5. The quantitative estimate of drug-likeness (QED) is 0.680. The number of hydrogen-bond donors (Lipinski definition) is 0. The Kier molecular flexibility index (Phi) is 3.90. The number of fused-ring (bicyclic) bond motifs is 1. The van der Waals surface area contributed by atoms with Crippen LogP contribution in [0.1, 0.15) is 30.8 Å². The van der Waals surface area contributed by atoms with Crippen molar-refractivity contribution in [2.45, 2.75) is 30.8 Å². The molecule has 1 saturated carbocycles. The van der Waals surface area contributed by atoms with Crippen LogP contribution in [-0.4, -0.2) is 29.2 Å². The van der Waals surface area contributed by atoms with Gasteiger partial charge in [-0.3, -0.25) is 4.40 Å². The van der Waals surface area contributed by atoms with Crippen molar-refractivity contribution in [3.8, 4) is 0 Å². The molecule has 3 heterocycles. The highest BCUT2D eigenvalue weighted by Gasteiger charge is 2.37. The van der Waals surface area contributed by atoms with Gasteiger partial charge in [0.15, 0.2) is 10.2 Å². The Balaban J connectivity index is 1.63. The number of nitrogens with zero attached hydrogens (tertiary/aromatic N) is 3. The molecule has 0 unspecified atom stereocenters. The molecule has 0 saturated heterocycles. The molecule has 0 bridgehead atoms. The highest BCUT2D eigenvalue weighted by Crippen LogP contribution is 2.47. The van der Waals surface area contributed by atoms with Crippen molar-refractivity contribution in [1.29, 1.82) is 0 Å². The van der Waals surface area contributed by atoms with Gasteiger partial charge in [0.2, 0.25) is 0 Å². The Hall–Kier alpha value is -1.83. The molecule has 0 aliphatic heterocycles. The van der Waals surface area contributed by atoms with Crippen LogP contribution in [0.15, 0.2) is 46.0 Å². The standard InChI is InChI=1S/C17H18ClN3O3S/c1-11-9-13(11)14-7-6-12(24-14)10-20(2)25(22,23)17-16(18)19-15-5-3-4-8-21(15)17/h3-8,11,13H,9-10H2,1-2H3/t11-,13+/m1/s1. The van der Waals surface area contributed by atoms with E-state index in [1.807, 2.05) is 12.1 Å². The number of pyridine rings is 1. The third kappa shape index (κ3) is 2.86. The van der Waals surface area contributed by atoms with Crippen molar-refractivity contribution in [3.63, 3.8) is 0 Å². The first-order valence-electron chi connectivity index (χ1n) is 8.05. The Morgan fingerprint density at radius 1 is 1.36 bits per heavy atom. The predicted molar refractivity (Wildman–Crippen MR) is 94.1 cm³/mol. The molecule has 132 valence electrons. The average molecular weight is 380 g/mol. The molecular weight excluding hydrogens is 362 g/mol. The predicted octanol–water partition coefficient (Wildman–Crippen LogP) is 3.52. The van der Waals surface area contributed by atoms with Gasteiger partial charge in [0.1, 0.15) is 17.2 Å². The second-order valence-corrected chi connectivity index (χ2v) is 8.84. The molecule has 8 heteroatoms. The molecule has 0 radical (unpaired) electrons. The van der Waals surface area contributed by atoms with Crippen LogP contribution in [0.5, 0.6) is 0 Å². The van der Waals surface area contributed by atoms with Crippen LogP contribution in [0.2, 0.25) is 5.15 Å². The van der Waals surface area contributed by atoms with Crippen LogP contribution in [0.4, 0.5) is 0 Å². The van der Waals surface area contributed by atoms with Crippen LogP contribution in [0, 0.1) is 5.92 Å². The third-order valence-electron chi connectivity index (χ3n) is 4.64. The number of imidazole rings is 1. The van der Waals surface area contributed by atoms with Gasteiger partial charge in [-0.05, 0) is 36.6 Å². The van der Waals surface area contributed by atoms with Gasteiger partial charge in [-0.2, -0.15) is 4.31 Å². The first-order valence-corrected chi connectivity index (χ1v) is 9.87. The van der Waals surface area contributed by atoms with Gasteiger partial charge in [-0.15, -0.1) is 0 Å². The van der Waals surface area contributed by atoms with E-state index in [2.05, 4.69) is 11.9 Å². The number of sulfonamides is 1. The lowest BCUT2D eigenvalue weighted by Crippen LogP contribution is -2.27. The summed E-state index contributed by atoms with van der Waals surface area (Å²) in [6.45, 7) is 2.32. The molecule has 2 atom stereocenters. The van der Waals surface area contributed by atoms with E-state index in [1.165, 1.54) is 15.8 Å². The summed E-state index contributed by atoms with van der Waals surface area (Å²) in [7, 11) is -2.31. The molecule has 3 aromatic heterocycles. The summed E-state index contributed by atoms with van der Waals surface area (Å²) in [6, 6.07) is 9.00. The molecule has 25 heavy (non-hydrogen) atoms. The van der Waals surface area contributed by atoms with Gasteiger partial charge in [-0.1, -0.05) is 24.6 Å². The summed E-state index contributed by atoms with van der Waals surface area (Å²) in [5.74, 6) is 2.65. The van der Waals surface area contributed by atoms with Gasteiger partial charge in [0, 0.05) is 19.2 Å². The molecule has 0 amide bonds. The van der Waals surface area contributed by atoms with E-state index in [4.69, 9.17) is 16.0 Å². The average Bonchev–Trinajstić information content (AvgIpc) is 2.97. The topological polar surface area (TPSA) is 67.8 Å². The minimum absolute atomic E-state index is 0.0325. The summed E-state index contributed by atoms with van der Waals surface area (Å²) in [6.07, 6.45) is 2.76. The van der Waals surface area contributed by atoms with E-state index in [0.29, 0.717) is 23.2 Å². The zero-order chi connectivity index (χ0) is 17.8. The highest BCUT2D eigenvalue weighted by molar-refractivity contribution is 7.89. The van der Waals surface area contributed by atoms with E-state index in [9.17, 15) is 8.42 Å². The molecule has 6 nitrogen and oxygen atoms in total. The molecular formula is C17H18ClN3O3S. The maximum atomic E-state index is 13.0. The van der Waals surface area contributed by atoms with Crippen LogP contribution in [0.3, 0.4) is 0 Å². The Morgan fingerprint density at radius 2 is 2.12 bits per heavy atom. The molecule has 1 aliphatic carbocycles. The fraction of sp³-hybridized carbons (Fsp3) is 0.353. The lowest BCUT2D eigenvalue weighted by molar-refractivity contribution is 0.388. The zero-order valence-electron chi connectivity index (χ0n) is 13.9. The number of furan rings is 1. The maximum Gasteiger partial charge on any atom is 0.262 e. The minimum atomic E-state index is -3.82. The van der Waals surface area contributed by atoms with E-state index < -0.39 is 10.0 Å². The summed E-state index contributed by atoms with van der Waals surface area (Å²) in [4.78, 5) is 4.11. The Bertz CT molecular complexity index is 1040. The maximum absolute atomic E-state index is 13.0. The van der Waals surface area contributed by atoms with Crippen molar-refractivity contribution in [2.75, 3.05) is 7.05 Å². The highest BCUT2D eigenvalue weighted by atomic mass is 35.5. The fourth-order valence-electron chi connectivity index (χ4n) is 3.02. The molecule has 0 spiro atoms. The van der Waals surface area contributed by atoms with Crippen LogP contribution >= 0.6 is 11.6 Å². The SMILES string of the molecule is C[C@@H]1C[C@@H]1c1ccc(CN(C)S(=O)(=O)c2c(Cl)nc3ccccn23)o1. The van der Waals surface area contributed by atoms with Gasteiger partial charge < -0.3 is 4.42 Å². The summed E-state index contributed by atoms with van der Waals surface area (Å²) >= 11 is 6.11. The van der Waals surface area contributed by atoms with E-state index in [1.54, 1.807) is 24.4 Å². The smallest absolute Gasteiger partial charge is 0.262 e. The van der Waals surface area contributed by atoms with Gasteiger partial charge in [0.05, 0.1) is 6.54 Å². The Labute approximate surface area is 151 Å². The number of rotatable bonds is 5. The molecule has 4 rings (SSSR count). The summed E-state index contributed by atoms with van der Waals surface area (Å²) < 4.78 is 34.5. The van der Waals surface area contributed by atoms with Gasteiger partial charge >= 0.3 is 0 Å².